The van der Waals surface area contributed by atoms with Crippen LogP contribution in [0, 0.1) is 11.3 Å². The van der Waals surface area contributed by atoms with E-state index < -0.39 is 0 Å². The van der Waals surface area contributed by atoms with Gasteiger partial charge < -0.3 is 5.32 Å². The predicted octanol–water partition coefficient (Wildman–Crippen LogP) is 5.65. The number of thiophene rings is 1. The van der Waals surface area contributed by atoms with Gasteiger partial charge in [0, 0.05) is 0 Å². The molecular weight excluding hydrogens is 297 g/mol. The Hall–Kier alpha value is 0.240. The van der Waals surface area contributed by atoms with Crippen molar-refractivity contribution >= 4 is 34.5 Å². The Morgan fingerprint density at radius 3 is 2.47 bits per heavy atom. The zero-order valence-electron chi connectivity index (χ0n) is 12.4. The monoisotopic (exact) mass is 321 g/mol. The van der Waals surface area contributed by atoms with Gasteiger partial charge in [0.25, 0.3) is 0 Å². The van der Waals surface area contributed by atoms with Crippen molar-refractivity contribution in [1.82, 2.24) is 5.32 Å². The van der Waals surface area contributed by atoms with Crippen molar-refractivity contribution in [2.75, 3.05) is 13.1 Å². The van der Waals surface area contributed by atoms with Gasteiger partial charge in [-0.2, -0.15) is 0 Å². The maximum absolute atomic E-state index is 6.16. The summed E-state index contributed by atoms with van der Waals surface area (Å²) >= 11 is 13.6. The van der Waals surface area contributed by atoms with Crippen molar-refractivity contribution in [3.05, 3.63) is 20.3 Å². The molecule has 0 amide bonds. The molecule has 0 bridgehead atoms. The quantitative estimate of drug-likeness (QED) is 0.610. The number of rotatable bonds is 8. The van der Waals surface area contributed by atoms with Crippen molar-refractivity contribution in [3.8, 4) is 0 Å². The molecule has 0 spiro atoms. The summed E-state index contributed by atoms with van der Waals surface area (Å²) in [6, 6.07) is 2.00. The highest BCUT2D eigenvalue weighted by Crippen LogP contribution is 2.34. The van der Waals surface area contributed by atoms with Crippen LogP contribution in [0.1, 0.15) is 46.1 Å². The van der Waals surface area contributed by atoms with Gasteiger partial charge in [-0.15, -0.1) is 11.3 Å². The summed E-state index contributed by atoms with van der Waals surface area (Å²) in [4.78, 5) is 0. The molecule has 1 N–H and O–H groups in total. The lowest BCUT2D eigenvalue weighted by Gasteiger charge is -2.25. The van der Waals surface area contributed by atoms with Gasteiger partial charge in [-0.1, -0.05) is 50.9 Å². The fourth-order valence-corrected chi connectivity index (χ4v) is 3.50. The third-order valence-corrected chi connectivity index (χ3v) is 4.90. The summed E-state index contributed by atoms with van der Waals surface area (Å²) in [6.07, 6.45) is 3.34. The molecule has 4 heteroatoms. The zero-order valence-corrected chi connectivity index (χ0v) is 14.7. The van der Waals surface area contributed by atoms with Crippen molar-refractivity contribution in [1.29, 1.82) is 0 Å². The van der Waals surface area contributed by atoms with E-state index in [1.54, 1.807) is 0 Å². The first-order valence-electron chi connectivity index (χ1n) is 6.94. The number of aryl methyl sites for hydroxylation is 1. The van der Waals surface area contributed by atoms with Gasteiger partial charge in [0.2, 0.25) is 0 Å². The van der Waals surface area contributed by atoms with E-state index in [0.29, 0.717) is 5.41 Å². The smallest absolute Gasteiger partial charge is 0.0976 e. The number of hydrogen-bond acceptors (Lipinski definition) is 2. The van der Waals surface area contributed by atoms with Crippen LogP contribution in [0.4, 0.5) is 0 Å². The van der Waals surface area contributed by atoms with Gasteiger partial charge in [-0.25, -0.2) is 0 Å². The van der Waals surface area contributed by atoms with Gasteiger partial charge in [-0.3, -0.25) is 0 Å². The number of halogens is 2. The van der Waals surface area contributed by atoms with E-state index in [2.05, 4.69) is 33.0 Å². The van der Waals surface area contributed by atoms with E-state index in [1.807, 2.05) is 6.07 Å². The van der Waals surface area contributed by atoms with Gasteiger partial charge in [0.1, 0.15) is 0 Å². The van der Waals surface area contributed by atoms with Crippen LogP contribution in [0.25, 0.3) is 0 Å². The molecule has 0 aliphatic carbocycles. The normalized spacial score (nSPS) is 12.4. The van der Waals surface area contributed by atoms with E-state index in [4.69, 9.17) is 23.2 Å². The summed E-state index contributed by atoms with van der Waals surface area (Å²) in [6.45, 7) is 11.3. The van der Waals surface area contributed by atoms with Crippen molar-refractivity contribution in [2.45, 2.75) is 47.0 Å². The maximum atomic E-state index is 6.16. The lowest BCUT2D eigenvalue weighted by atomic mass is 9.83. The molecule has 0 atom stereocenters. The molecule has 1 aromatic rings. The van der Waals surface area contributed by atoms with Crippen LogP contribution in [0.3, 0.4) is 0 Å². The minimum absolute atomic E-state index is 0.335. The Morgan fingerprint density at radius 2 is 1.95 bits per heavy atom. The lowest BCUT2D eigenvalue weighted by Crippen LogP contribution is -2.25. The average molecular weight is 322 g/mol. The molecule has 0 aliphatic rings. The first-order valence-corrected chi connectivity index (χ1v) is 8.52. The SMILES string of the molecule is CC(C)CNCCC(C)(C)CCc1cc(Cl)sc1Cl. The van der Waals surface area contributed by atoms with Crippen LogP contribution in [0.15, 0.2) is 6.07 Å². The Bertz CT molecular complexity index is 385. The minimum atomic E-state index is 0.335. The molecule has 1 aromatic heterocycles. The number of nitrogens with one attached hydrogen (secondary N) is 1. The third kappa shape index (κ3) is 6.99. The van der Waals surface area contributed by atoms with Crippen LogP contribution in [0.5, 0.6) is 0 Å². The van der Waals surface area contributed by atoms with Crippen LogP contribution in [-0.2, 0) is 6.42 Å². The summed E-state index contributed by atoms with van der Waals surface area (Å²) in [5.74, 6) is 0.717. The molecule has 0 radical (unpaired) electrons. The van der Waals surface area contributed by atoms with E-state index in [9.17, 15) is 0 Å². The van der Waals surface area contributed by atoms with E-state index >= 15 is 0 Å². The summed E-state index contributed by atoms with van der Waals surface area (Å²) in [5.41, 5.74) is 1.53. The number of hydrogen-bond donors (Lipinski definition) is 1. The second-order valence-electron chi connectivity index (χ2n) is 6.36. The Labute approximate surface area is 131 Å². The van der Waals surface area contributed by atoms with Crippen molar-refractivity contribution in [3.63, 3.8) is 0 Å². The predicted molar refractivity (Wildman–Crippen MR) is 88.8 cm³/mol. The Balaban J connectivity index is 2.32. The highest BCUT2D eigenvalue weighted by molar-refractivity contribution is 7.20. The molecule has 0 saturated carbocycles. The molecule has 110 valence electrons. The van der Waals surface area contributed by atoms with Crippen LogP contribution in [-0.4, -0.2) is 13.1 Å². The molecule has 0 saturated heterocycles. The van der Waals surface area contributed by atoms with Crippen LogP contribution < -0.4 is 5.32 Å². The van der Waals surface area contributed by atoms with Crippen LogP contribution in [0.2, 0.25) is 8.67 Å². The van der Waals surface area contributed by atoms with Crippen molar-refractivity contribution in [2.24, 2.45) is 11.3 Å². The van der Waals surface area contributed by atoms with Crippen LogP contribution >= 0.6 is 34.5 Å². The molecular formula is C15H25Cl2NS. The van der Waals surface area contributed by atoms with Gasteiger partial charge in [0.15, 0.2) is 0 Å². The average Bonchev–Trinajstić information content (AvgIpc) is 2.61. The molecule has 0 aromatic carbocycles. The molecule has 1 nitrogen and oxygen atoms in total. The fraction of sp³-hybridized carbons (Fsp3) is 0.733. The summed E-state index contributed by atoms with van der Waals surface area (Å²) in [7, 11) is 0. The molecule has 0 aliphatic heterocycles. The van der Waals surface area contributed by atoms with E-state index in [-0.39, 0.29) is 0 Å². The molecule has 1 heterocycles. The Kier molecular flexibility index (Phi) is 7.17. The fourth-order valence-electron chi connectivity index (χ4n) is 1.96. The molecule has 1 rings (SSSR count). The molecule has 19 heavy (non-hydrogen) atoms. The van der Waals surface area contributed by atoms with E-state index in [0.717, 1.165) is 40.5 Å². The highest BCUT2D eigenvalue weighted by Gasteiger charge is 2.18. The third-order valence-electron chi connectivity index (χ3n) is 3.33. The second kappa shape index (κ2) is 7.87. The zero-order chi connectivity index (χ0) is 14.5. The van der Waals surface area contributed by atoms with Gasteiger partial charge >= 0.3 is 0 Å². The van der Waals surface area contributed by atoms with Gasteiger partial charge in [-0.05, 0) is 55.3 Å². The highest BCUT2D eigenvalue weighted by atomic mass is 35.5. The largest absolute Gasteiger partial charge is 0.316 e. The van der Waals surface area contributed by atoms with Crippen molar-refractivity contribution < 1.29 is 0 Å². The minimum Gasteiger partial charge on any atom is -0.316 e. The lowest BCUT2D eigenvalue weighted by molar-refractivity contribution is 0.300. The first-order chi connectivity index (χ1) is 8.80. The first kappa shape index (κ1) is 17.3. The standard InChI is InChI=1S/C15H25Cl2NS/c1-11(2)10-18-8-7-15(3,4)6-5-12-9-13(16)19-14(12)17/h9,11,18H,5-8,10H2,1-4H3. The van der Waals surface area contributed by atoms with E-state index in [1.165, 1.54) is 23.3 Å². The molecule has 0 fully saturated rings. The topological polar surface area (TPSA) is 12.0 Å². The Morgan fingerprint density at radius 1 is 1.26 bits per heavy atom. The summed E-state index contributed by atoms with van der Waals surface area (Å²) < 4.78 is 1.63. The second-order valence-corrected chi connectivity index (χ2v) is 8.65. The molecule has 0 unspecified atom stereocenters. The van der Waals surface area contributed by atoms with Gasteiger partial charge in [0.05, 0.1) is 8.67 Å². The maximum Gasteiger partial charge on any atom is 0.0976 e. The summed E-state index contributed by atoms with van der Waals surface area (Å²) in [5, 5.41) is 3.51.